The normalized spacial score (nSPS) is 15.8. The van der Waals surface area contributed by atoms with E-state index < -0.39 is 0 Å². The Hall–Kier alpha value is -1.39. The Bertz CT molecular complexity index is 383. The standard InChI is InChI=1S/C14H20N2O2/c15-16-14(17)9-11-5-7-12(8-6-11)10-18-13-3-1-2-4-13/h5-8,13H,1-4,9-10,15H2,(H,16,17). The molecule has 1 aliphatic carbocycles. The molecule has 2 rings (SSSR count). The minimum absolute atomic E-state index is 0.176. The fourth-order valence-electron chi connectivity index (χ4n) is 2.26. The summed E-state index contributed by atoms with van der Waals surface area (Å²) in [7, 11) is 0. The third kappa shape index (κ3) is 3.82. The maximum absolute atomic E-state index is 11.1. The molecule has 3 N–H and O–H groups in total. The van der Waals surface area contributed by atoms with Gasteiger partial charge in [0, 0.05) is 0 Å². The van der Waals surface area contributed by atoms with E-state index >= 15 is 0 Å². The Labute approximate surface area is 107 Å². The number of hydrazine groups is 1. The zero-order valence-electron chi connectivity index (χ0n) is 10.5. The van der Waals surface area contributed by atoms with E-state index in [1.165, 1.54) is 25.7 Å². The van der Waals surface area contributed by atoms with E-state index in [4.69, 9.17) is 10.6 Å². The van der Waals surface area contributed by atoms with E-state index in [1.807, 2.05) is 24.3 Å². The van der Waals surface area contributed by atoms with Crippen LogP contribution in [0, 0.1) is 0 Å². The van der Waals surface area contributed by atoms with Crippen molar-refractivity contribution in [2.24, 2.45) is 5.84 Å². The summed E-state index contributed by atoms with van der Waals surface area (Å²) >= 11 is 0. The molecule has 1 amide bonds. The Morgan fingerprint density at radius 2 is 1.83 bits per heavy atom. The minimum Gasteiger partial charge on any atom is -0.374 e. The van der Waals surface area contributed by atoms with Crippen molar-refractivity contribution in [1.29, 1.82) is 0 Å². The number of amides is 1. The summed E-state index contributed by atoms with van der Waals surface area (Å²) in [4.78, 5) is 11.1. The van der Waals surface area contributed by atoms with Gasteiger partial charge in [-0.2, -0.15) is 0 Å². The quantitative estimate of drug-likeness (QED) is 0.473. The van der Waals surface area contributed by atoms with Gasteiger partial charge in [0.2, 0.25) is 5.91 Å². The second kappa shape index (κ2) is 6.52. The zero-order valence-corrected chi connectivity index (χ0v) is 10.5. The second-order valence-electron chi connectivity index (χ2n) is 4.78. The Balaban J connectivity index is 1.81. The van der Waals surface area contributed by atoms with Crippen LogP contribution >= 0.6 is 0 Å². The predicted octanol–water partition coefficient (Wildman–Crippen LogP) is 1.68. The molecule has 0 unspecified atom stereocenters. The number of hydrogen-bond donors (Lipinski definition) is 2. The maximum Gasteiger partial charge on any atom is 0.238 e. The van der Waals surface area contributed by atoms with Crippen LogP contribution in [0.5, 0.6) is 0 Å². The molecule has 1 saturated carbocycles. The van der Waals surface area contributed by atoms with Crippen molar-refractivity contribution in [2.75, 3.05) is 0 Å². The molecule has 1 aromatic rings. The number of nitrogens with one attached hydrogen (secondary N) is 1. The highest BCUT2D eigenvalue weighted by atomic mass is 16.5. The highest BCUT2D eigenvalue weighted by molar-refractivity contribution is 5.77. The monoisotopic (exact) mass is 248 g/mol. The van der Waals surface area contributed by atoms with Crippen molar-refractivity contribution >= 4 is 5.91 Å². The molecule has 1 fully saturated rings. The van der Waals surface area contributed by atoms with Crippen LogP contribution in [0.2, 0.25) is 0 Å². The molecule has 0 radical (unpaired) electrons. The van der Waals surface area contributed by atoms with Crippen LogP contribution in [0.25, 0.3) is 0 Å². The third-order valence-electron chi connectivity index (χ3n) is 3.34. The molecular formula is C14H20N2O2. The number of benzene rings is 1. The third-order valence-corrected chi connectivity index (χ3v) is 3.34. The molecule has 18 heavy (non-hydrogen) atoms. The molecule has 4 nitrogen and oxygen atoms in total. The van der Waals surface area contributed by atoms with E-state index in [2.05, 4.69) is 5.43 Å². The first kappa shape index (κ1) is 13.1. The molecule has 0 aliphatic heterocycles. The molecule has 98 valence electrons. The minimum atomic E-state index is -0.176. The first-order valence-electron chi connectivity index (χ1n) is 6.47. The van der Waals surface area contributed by atoms with E-state index in [9.17, 15) is 4.79 Å². The van der Waals surface area contributed by atoms with Gasteiger partial charge in [-0.3, -0.25) is 10.2 Å². The maximum atomic E-state index is 11.1. The lowest BCUT2D eigenvalue weighted by atomic mass is 10.1. The smallest absolute Gasteiger partial charge is 0.238 e. The van der Waals surface area contributed by atoms with Crippen LogP contribution in [-0.4, -0.2) is 12.0 Å². The van der Waals surface area contributed by atoms with Gasteiger partial charge < -0.3 is 4.74 Å². The molecular weight excluding hydrogens is 228 g/mol. The topological polar surface area (TPSA) is 64.3 Å². The summed E-state index contributed by atoms with van der Waals surface area (Å²) in [6.45, 7) is 0.661. The van der Waals surface area contributed by atoms with Gasteiger partial charge in [-0.1, -0.05) is 37.1 Å². The summed E-state index contributed by atoms with van der Waals surface area (Å²) in [5.41, 5.74) is 4.24. The van der Waals surface area contributed by atoms with Gasteiger partial charge >= 0.3 is 0 Å². The number of carbonyl (C=O) groups excluding carboxylic acids is 1. The molecule has 0 atom stereocenters. The molecule has 1 aromatic carbocycles. The van der Waals surface area contributed by atoms with Gasteiger partial charge in [-0.15, -0.1) is 0 Å². The highest BCUT2D eigenvalue weighted by Crippen LogP contribution is 2.22. The average Bonchev–Trinajstić information content (AvgIpc) is 2.91. The first-order chi connectivity index (χ1) is 8.78. The number of hydrogen-bond acceptors (Lipinski definition) is 3. The largest absolute Gasteiger partial charge is 0.374 e. The van der Waals surface area contributed by atoms with Gasteiger partial charge in [0.05, 0.1) is 19.1 Å². The van der Waals surface area contributed by atoms with Crippen molar-refractivity contribution < 1.29 is 9.53 Å². The van der Waals surface area contributed by atoms with Crippen molar-refractivity contribution in [3.8, 4) is 0 Å². The molecule has 1 aliphatic rings. The van der Waals surface area contributed by atoms with Gasteiger partial charge in [0.15, 0.2) is 0 Å². The average molecular weight is 248 g/mol. The summed E-state index contributed by atoms with van der Waals surface area (Å²) in [5, 5.41) is 0. The van der Waals surface area contributed by atoms with E-state index in [0.717, 1.165) is 11.1 Å². The SMILES string of the molecule is NNC(=O)Cc1ccc(COC2CCCC2)cc1. The highest BCUT2D eigenvalue weighted by Gasteiger charge is 2.15. The van der Waals surface area contributed by atoms with Crippen LogP contribution < -0.4 is 11.3 Å². The van der Waals surface area contributed by atoms with Gasteiger partial charge in [0.25, 0.3) is 0 Å². The number of carbonyl (C=O) groups is 1. The second-order valence-corrected chi connectivity index (χ2v) is 4.78. The van der Waals surface area contributed by atoms with E-state index in [-0.39, 0.29) is 5.91 Å². The molecule has 0 saturated heterocycles. The molecule has 4 heteroatoms. The lowest BCUT2D eigenvalue weighted by molar-refractivity contribution is -0.120. The Morgan fingerprint density at radius 1 is 1.22 bits per heavy atom. The molecule has 0 spiro atoms. The van der Waals surface area contributed by atoms with Crippen LogP contribution in [0.15, 0.2) is 24.3 Å². The number of nitrogens with two attached hydrogens (primary N) is 1. The fourth-order valence-corrected chi connectivity index (χ4v) is 2.26. The molecule has 0 heterocycles. The zero-order chi connectivity index (χ0) is 12.8. The lowest BCUT2D eigenvalue weighted by Gasteiger charge is -2.11. The van der Waals surface area contributed by atoms with E-state index in [1.54, 1.807) is 0 Å². The summed E-state index contributed by atoms with van der Waals surface area (Å²) in [6, 6.07) is 7.91. The summed E-state index contributed by atoms with van der Waals surface area (Å²) in [5.74, 6) is 4.87. The van der Waals surface area contributed by atoms with Gasteiger partial charge in [0.1, 0.15) is 0 Å². The fraction of sp³-hybridized carbons (Fsp3) is 0.500. The Morgan fingerprint density at radius 3 is 2.44 bits per heavy atom. The van der Waals surface area contributed by atoms with Crippen LogP contribution in [-0.2, 0) is 22.6 Å². The van der Waals surface area contributed by atoms with Gasteiger partial charge in [-0.25, -0.2) is 5.84 Å². The van der Waals surface area contributed by atoms with Crippen molar-refractivity contribution in [1.82, 2.24) is 5.43 Å². The van der Waals surface area contributed by atoms with Crippen molar-refractivity contribution in [2.45, 2.75) is 44.8 Å². The summed E-state index contributed by atoms with van der Waals surface area (Å²) < 4.78 is 5.83. The Kier molecular flexibility index (Phi) is 4.73. The van der Waals surface area contributed by atoms with Crippen molar-refractivity contribution in [3.63, 3.8) is 0 Å². The molecule has 0 bridgehead atoms. The van der Waals surface area contributed by atoms with Crippen LogP contribution in [0.4, 0.5) is 0 Å². The molecule has 0 aromatic heterocycles. The van der Waals surface area contributed by atoms with Crippen LogP contribution in [0.1, 0.15) is 36.8 Å². The predicted molar refractivity (Wildman–Crippen MR) is 69.5 cm³/mol. The van der Waals surface area contributed by atoms with Crippen LogP contribution in [0.3, 0.4) is 0 Å². The first-order valence-corrected chi connectivity index (χ1v) is 6.47. The number of ether oxygens (including phenoxy) is 1. The van der Waals surface area contributed by atoms with E-state index in [0.29, 0.717) is 19.1 Å². The number of rotatable bonds is 5. The van der Waals surface area contributed by atoms with Crippen molar-refractivity contribution in [3.05, 3.63) is 35.4 Å². The lowest BCUT2D eigenvalue weighted by Crippen LogP contribution is -2.31. The van der Waals surface area contributed by atoms with Gasteiger partial charge in [-0.05, 0) is 24.0 Å². The summed E-state index contributed by atoms with van der Waals surface area (Å²) in [6.07, 6.45) is 5.71.